The Morgan fingerprint density at radius 1 is 0.905 bits per heavy atom. The number of rotatable bonds is 0. The molecule has 0 radical (unpaired) electrons. The number of alkyl halides is 2. The number of fused-ring (bicyclic) bond motifs is 5. The summed E-state index contributed by atoms with van der Waals surface area (Å²) < 4.78 is 6.32. The third-order valence-electron chi connectivity index (χ3n) is 5.80. The second-order valence-corrected chi connectivity index (χ2v) is 7.94. The summed E-state index contributed by atoms with van der Waals surface area (Å²) in [4.78, 5) is 0. The van der Waals surface area contributed by atoms with Gasteiger partial charge in [-0.2, -0.15) is 0 Å². The van der Waals surface area contributed by atoms with Crippen LogP contribution in [0.1, 0.15) is 36.8 Å². The SMILES string of the molecule is CC1(C)OC12[C@H]1C3=C([C@@H](Cl)C=C[C@H]3Cl)[C@H]2c2ccccc21. The zero-order chi connectivity index (χ0) is 14.6. The average Bonchev–Trinajstić information content (AvgIpc) is 2.78. The number of allylic oxidation sites excluding steroid dienone is 2. The van der Waals surface area contributed by atoms with Crippen LogP contribution in [0.3, 0.4) is 0 Å². The summed E-state index contributed by atoms with van der Waals surface area (Å²) in [6.07, 6.45) is 4.06. The van der Waals surface area contributed by atoms with Crippen molar-refractivity contribution in [2.45, 2.75) is 47.6 Å². The van der Waals surface area contributed by atoms with Gasteiger partial charge in [0.1, 0.15) is 5.60 Å². The van der Waals surface area contributed by atoms with E-state index in [9.17, 15) is 0 Å². The van der Waals surface area contributed by atoms with E-state index in [0.717, 1.165) is 0 Å². The number of epoxide rings is 1. The van der Waals surface area contributed by atoms with E-state index < -0.39 is 0 Å². The number of ether oxygens (including phenoxy) is 1. The summed E-state index contributed by atoms with van der Waals surface area (Å²) in [5, 5.41) is -0.120. The highest BCUT2D eigenvalue weighted by molar-refractivity contribution is 6.27. The van der Waals surface area contributed by atoms with E-state index in [1.807, 2.05) is 12.2 Å². The lowest BCUT2D eigenvalue weighted by Crippen LogP contribution is -2.27. The van der Waals surface area contributed by atoms with Gasteiger partial charge >= 0.3 is 0 Å². The molecule has 1 spiro atoms. The fraction of sp³-hybridized carbons (Fsp3) is 0.444. The maximum atomic E-state index is 6.63. The third-order valence-corrected chi connectivity index (χ3v) is 6.56. The summed E-state index contributed by atoms with van der Waals surface area (Å²) in [6, 6.07) is 8.69. The Morgan fingerprint density at radius 3 is 1.71 bits per heavy atom. The van der Waals surface area contributed by atoms with E-state index in [4.69, 9.17) is 27.9 Å². The molecule has 5 atom stereocenters. The summed E-state index contributed by atoms with van der Waals surface area (Å²) >= 11 is 13.3. The lowest BCUT2D eigenvalue weighted by Gasteiger charge is -2.28. The van der Waals surface area contributed by atoms with E-state index in [0.29, 0.717) is 0 Å². The summed E-state index contributed by atoms with van der Waals surface area (Å²) in [7, 11) is 0. The Balaban J connectivity index is 1.80. The first-order valence-corrected chi connectivity index (χ1v) is 8.35. The molecule has 1 nitrogen and oxygen atoms in total. The monoisotopic (exact) mass is 318 g/mol. The predicted molar refractivity (Wildman–Crippen MR) is 85.3 cm³/mol. The lowest BCUT2D eigenvalue weighted by atomic mass is 9.81. The van der Waals surface area contributed by atoms with Gasteiger partial charge in [-0.15, -0.1) is 23.2 Å². The van der Waals surface area contributed by atoms with Crippen molar-refractivity contribution < 1.29 is 4.74 Å². The summed E-state index contributed by atoms with van der Waals surface area (Å²) in [5.41, 5.74) is 5.09. The van der Waals surface area contributed by atoms with E-state index in [2.05, 4.69) is 38.1 Å². The van der Waals surface area contributed by atoms with Gasteiger partial charge in [0.05, 0.1) is 16.4 Å². The molecule has 108 valence electrons. The largest absolute Gasteiger partial charge is 0.361 e. The Labute approximate surface area is 134 Å². The van der Waals surface area contributed by atoms with Gasteiger partial charge in [-0.05, 0) is 36.1 Å². The maximum absolute atomic E-state index is 6.63. The van der Waals surface area contributed by atoms with Crippen LogP contribution in [0.5, 0.6) is 0 Å². The van der Waals surface area contributed by atoms with Crippen molar-refractivity contribution in [2.24, 2.45) is 0 Å². The number of benzene rings is 1. The molecule has 1 aromatic rings. The molecule has 0 amide bonds. The fourth-order valence-electron chi connectivity index (χ4n) is 5.04. The third kappa shape index (κ3) is 1.23. The van der Waals surface area contributed by atoms with Crippen LogP contribution in [0.25, 0.3) is 0 Å². The van der Waals surface area contributed by atoms with Gasteiger partial charge in [-0.25, -0.2) is 0 Å². The molecule has 1 heterocycles. The van der Waals surface area contributed by atoms with Crippen LogP contribution in [0.15, 0.2) is 47.6 Å². The molecule has 1 aliphatic heterocycles. The Kier molecular flexibility index (Phi) is 2.18. The minimum atomic E-state index is -0.159. The molecule has 1 fully saturated rings. The van der Waals surface area contributed by atoms with Crippen LogP contribution in [-0.2, 0) is 4.74 Å². The van der Waals surface area contributed by atoms with Crippen LogP contribution in [0.4, 0.5) is 0 Å². The van der Waals surface area contributed by atoms with Crippen molar-refractivity contribution in [3.63, 3.8) is 0 Å². The van der Waals surface area contributed by atoms with Crippen molar-refractivity contribution in [1.82, 2.24) is 0 Å². The fourth-order valence-corrected chi connectivity index (χ4v) is 5.72. The molecule has 5 rings (SSSR count). The van der Waals surface area contributed by atoms with Gasteiger partial charge in [-0.3, -0.25) is 0 Å². The number of halogens is 2. The molecule has 3 aliphatic carbocycles. The number of hydrogen-bond acceptors (Lipinski definition) is 1. The number of hydrogen-bond donors (Lipinski definition) is 0. The van der Waals surface area contributed by atoms with Crippen molar-refractivity contribution >= 4 is 23.2 Å². The van der Waals surface area contributed by atoms with Crippen molar-refractivity contribution in [1.29, 1.82) is 0 Å². The zero-order valence-electron chi connectivity index (χ0n) is 11.9. The van der Waals surface area contributed by atoms with Crippen molar-refractivity contribution in [3.05, 3.63) is 58.7 Å². The Hall–Kier alpha value is -0.760. The second-order valence-electron chi connectivity index (χ2n) is 7.00. The van der Waals surface area contributed by atoms with Crippen LogP contribution in [-0.4, -0.2) is 22.0 Å². The van der Waals surface area contributed by atoms with Crippen LogP contribution < -0.4 is 0 Å². The smallest absolute Gasteiger partial charge is 0.119 e. The highest BCUT2D eigenvalue weighted by atomic mass is 35.5. The van der Waals surface area contributed by atoms with E-state index in [1.165, 1.54) is 22.3 Å². The molecular weight excluding hydrogens is 303 g/mol. The quantitative estimate of drug-likeness (QED) is 0.389. The first-order chi connectivity index (χ1) is 9.99. The van der Waals surface area contributed by atoms with Crippen molar-refractivity contribution in [3.8, 4) is 0 Å². The molecule has 0 saturated carbocycles. The van der Waals surface area contributed by atoms with Gasteiger partial charge in [0, 0.05) is 11.8 Å². The van der Waals surface area contributed by atoms with Crippen LogP contribution in [0, 0.1) is 0 Å². The normalized spacial score (nSPS) is 44.2. The molecule has 0 N–H and O–H groups in total. The molecule has 0 aromatic heterocycles. The molecule has 1 aromatic carbocycles. The van der Waals surface area contributed by atoms with E-state index in [-0.39, 0.29) is 33.8 Å². The summed E-state index contributed by atoms with van der Waals surface area (Å²) in [6.45, 7) is 4.38. The molecule has 1 saturated heterocycles. The second kappa shape index (κ2) is 3.59. The van der Waals surface area contributed by atoms with Gasteiger partial charge < -0.3 is 4.74 Å². The van der Waals surface area contributed by atoms with Gasteiger partial charge in [0.25, 0.3) is 0 Å². The highest BCUT2D eigenvalue weighted by Gasteiger charge is 2.79. The molecule has 21 heavy (non-hydrogen) atoms. The molecule has 2 bridgehead atoms. The zero-order valence-corrected chi connectivity index (χ0v) is 13.4. The lowest BCUT2D eigenvalue weighted by molar-refractivity contribution is 0.262. The van der Waals surface area contributed by atoms with Gasteiger partial charge in [0.15, 0.2) is 0 Å². The first kappa shape index (κ1) is 12.8. The van der Waals surface area contributed by atoms with Gasteiger partial charge in [-0.1, -0.05) is 36.4 Å². The highest BCUT2D eigenvalue weighted by Crippen LogP contribution is 2.77. The Bertz CT molecular complexity index is 681. The minimum Gasteiger partial charge on any atom is -0.361 e. The summed E-state index contributed by atoms with van der Waals surface area (Å²) in [5.74, 6) is 0.523. The van der Waals surface area contributed by atoms with Crippen molar-refractivity contribution in [2.75, 3.05) is 0 Å². The van der Waals surface area contributed by atoms with Crippen LogP contribution in [0.2, 0.25) is 0 Å². The maximum Gasteiger partial charge on any atom is 0.119 e. The minimum absolute atomic E-state index is 0.0600. The molecule has 1 unspecified atom stereocenters. The standard InChI is InChI=1S/C18H16Cl2O/c1-17(2)18(21-17)15-9-5-3-4-6-10(9)16(18)14-12(20)8-7-11(19)13(14)15/h3-8,11-12,15-16H,1-2H3/t11-,12+,15-,16-,18?/m1/s1. The molecular formula is C18H16Cl2O. The molecule has 4 aliphatic rings. The Morgan fingerprint density at radius 2 is 1.33 bits per heavy atom. The topological polar surface area (TPSA) is 12.5 Å². The van der Waals surface area contributed by atoms with E-state index >= 15 is 0 Å². The molecule has 3 heteroatoms. The predicted octanol–water partition coefficient (Wildman–Crippen LogP) is 4.51. The van der Waals surface area contributed by atoms with E-state index in [1.54, 1.807) is 0 Å². The van der Waals surface area contributed by atoms with Crippen LogP contribution >= 0.6 is 23.2 Å². The van der Waals surface area contributed by atoms with Gasteiger partial charge in [0.2, 0.25) is 0 Å². The average molecular weight is 319 g/mol. The first-order valence-electron chi connectivity index (χ1n) is 7.48.